The third-order valence-electron chi connectivity index (χ3n) is 2.14. The van der Waals surface area contributed by atoms with Crippen LogP contribution in [0.1, 0.15) is 20.7 Å². The highest BCUT2D eigenvalue weighted by molar-refractivity contribution is 5.93. The Morgan fingerprint density at radius 3 is 2.71 bits per heavy atom. The van der Waals surface area contributed by atoms with Gasteiger partial charge in [0.2, 0.25) is 0 Å². The topological polar surface area (TPSA) is 111 Å². The molecule has 2 heterocycles. The summed E-state index contributed by atoms with van der Waals surface area (Å²) in [5.41, 5.74) is 5.59. The minimum atomic E-state index is -1.10. The average Bonchev–Trinajstić information content (AvgIpc) is 2.78. The van der Waals surface area contributed by atoms with E-state index in [0.29, 0.717) is 0 Å². The van der Waals surface area contributed by atoms with Crippen molar-refractivity contribution in [1.29, 1.82) is 0 Å². The van der Waals surface area contributed by atoms with Crippen molar-refractivity contribution in [3.8, 4) is 5.69 Å². The largest absolute Gasteiger partial charge is 0.478 e. The second-order valence-corrected chi connectivity index (χ2v) is 3.24. The molecule has 0 spiro atoms. The molecule has 2 aromatic heterocycles. The van der Waals surface area contributed by atoms with Crippen LogP contribution in [0.2, 0.25) is 0 Å². The zero-order valence-corrected chi connectivity index (χ0v) is 8.57. The molecule has 0 saturated heterocycles. The lowest BCUT2D eigenvalue weighted by atomic mass is 10.2. The number of primary amides is 1. The molecule has 17 heavy (non-hydrogen) atoms. The number of carbonyl (C=O) groups is 2. The molecular weight excluding hydrogens is 224 g/mol. The molecule has 2 rings (SSSR count). The molecule has 86 valence electrons. The summed E-state index contributed by atoms with van der Waals surface area (Å²) >= 11 is 0. The molecule has 0 fully saturated rings. The molecule has 0 aliphatic rings. The van der Waals surface area contributed by atoms with Gasteiger partial charge in [-0.05, 0) is 6.07 Å². The van der Waals surface area contributed by atoms with E-state index in [1.165, 1.54) is 35.5 Å². The van der Waals surface area contributed by atoms with Gasteiger partial charge in [0, 0.05) is 12.4 Å². The highest BCUT2D eigenvalue weighted by atomic mass is 16.4. The molecule has 0 aliphatic heterocycles. The number of nitrogens with two attached hydrogens (primary N) is 1. The molecule has 0 aliphatic carbocycles. The second kappa shape index (κ2) is 4.05. The molecule has 2 aromatic rings. The maximum atomic E-state index is 11.0. The number of pyridine rings is 1. The Kier molecular flexibility index (Phi) is 2.57. The van der Waals surface area contributed by atoms with Crippen molar-refractivity contribution in [3.63, 3.8) is 0 Å². The van der Waals surface area contributed by atoms with Crippen molar-refractivity contribution < 1.29 is 14.7 Å². The Morgan fingerprint density at radius 2 is 2.12 bits per heavy atom. The van der Waals surface area contributed by atoms with Crippen LogP contribution in [0.5, 0.6) is 0 Å². The summed E-state index contributed by atoms with van der Waals surface area (Å²) in [6.45, 7) is 0. The normalized spacial score (nSPS) is 10.1. The SMILES string of the molecule is NC(=O)c1cnn(-c2cnccc2C(=O)O)c1. The Hall–Kier alpha value is -2.70. The molecule has 1 amide bonds. The number of carboxylic acid groups (broad SMARTS) is 1. The molecule has 3 N–H and O–H groups in total. The molecule has 7 heteroatoms. The number of carboxylic acids is 1. The van der Waals surface area contributed by atoms with Crippen LogP contribution in [0.4, 0.5) is 0 Å². The van der Waals surface area contributed by atoms with Gasteiger partial charge in [0.15, 0.2) is 0 Å². The van der Waals surface area contributed by atoms with Gasteiger partial charge in [-0.25, -0.2) is 9.48 Å². The van der Waals surface area contributed by atoms with E-state index in [9.17, 15) is 9.59 Å². The first kappa shape index (κ1) is 10.8. The van der Waals surface area contributed by atoms with Crippen LogP contribution in [0.3, 0.4) is 0 Å². The fourth-order valence-electron chi connectivity index (χ4n) is 1.33. The van der Waals surface area contributed by atoms with Gasteiger partial charge in [0.1, 0.15) is 0 Å². The maximum absolute atomic E-state index is 11.0. The first-order chi connectivity index (χ1) is 8.09. The van der Waals surface area contributed by atoms with Crippen LogP contribution < -0.4 is 5.73 Å². The van der Waals surface area contributed by atoms with E-state index in [2.05, 4.69) is 10.1 Å². The van der Waals surface area contributed by atoms with Gasteiger partial charge >= 0.3 is 5.97 Å². The van der Waals surface area contributed by atoms with Gasteiger partial charge in [-0.1, -0.05) is 0 Å². The fraction of sp³-hybridized carbons (Fsp3) is 0. The summed E-state index contributed by atoms with van der Waals surface area (Å²) < 4.78 is 1.25. The number of amides is 1. The highest BCUT2D eigenvalue weighted by Gasteiger charge is 2.13. The van der Waals surface area contributed by atoms with E-state index in [4.69, 9.17) is 10.8 Å². The lowest BCUT2D eigenvalue weighted by Crippen LogP contribution is -2.10. The Bertz CT molecular complexity index is 591. The number of aromatic carboxylic acids is 1. The molecule has 0 unspecified atom stereocenters. The van der Waals surface area contributed by atoms with Crippen molar-refractivity contribution >= 4 is 11.9 Å². The van der Waals surface area contributed by atoms with Crippen molar-refractivity contribution in [2.45, 2.75) is 0 Å². The minimum Gasteiger partial charge on any atom is -0.478 e. The van der Waals surface area contributed by atoms with E-state index in [-0.39, 0.29) is 16.8 Å². The molecular formula is C10H8N4O3. The quantitative estimate of drug-likeness (QED) is 0.777. The van der Waals surface area contributed by atoms with E-state index in [1.54, 1.807) is 0 Å². The number of hydrogen-bond acceptors (Lipinski definition) is 4. The van der Waals surface area contributed by atoms with Crippen LogP contribution in [-0.4, -0.2) is 31.7 Å². The zero-order valence-electron chi connectivity index (χ0n) is 8.57. The van der Waals surface area contributed by atoms with Crippen LogP contribution in [0.25, 0.3) is 5.69 Å². The van der Waals surface area contributed by atoms with Gasteiger partial charge in [-0.15, -0.1) is 0 Å². The van der Waals surface area contributed by atoms with Crippen molar-refractivity contribution in [2.75, 3.05) is 0 Å². The van der Waals surface area contributed by atoms with E-state index >= 15 is 0 Å². The maximum Gasteiger partial charge on any atom is 0.338 e. The van der Waals surface area contributed by atoms with Crippen molar-refractivity contribution in [1.82, 2.24) is 14.8 Å². The Labute approximate surface area is 95.5 Å². The lowest BCUT2D eigenvalue weighted by molar-refractivity contribution is 0.0696. The number of aromatic nitrogens is 3. The monoisotopic (exact) mass is 232 g/mol. The van der Waals surface area contributed by atoms with E-state index < -0.39 is 11.9 Å². The predicted octanol–water partition coefficient (Wildman–Crippen LogP) is 0.0644. The van der Waals surface area contributed by atoms with Gasteiger partial charge in [0.25, 0.3) is 5.91 Å². The second-order valence-electron chi connectivity index (χ2n) is 3.24. The predicted molar refractivity (Wildman–Crippen MR) is 56.8 cm³/mol. The third kappa shape index (κ3) is 1.98. The smallest absolute Gasteiger partial charge is 0.338 e. The molecule has 0 aromatic carbocycles. The third-order valence-corrected chi connectivity index (χ3v) is 2.14. The minimum absolute atomic E-state index is 0.0409. The van der Waals surface area contributed by atoms with Gasteiger partial charge in [0.05, 0.1) is 29.2 Å². The summed E-state index contributed by atoms with van der Waals surface area (Å²) in [6, 6.07) is 1.35. The summed E-state index contributed by atoms with van der Waals surface area (Å²) in [5.74, 6) is -1.73. The summed E-state index contributed by atoms with van der Waals surface area (Å²) in [7, 11) is 0. The van der Waals surface area contributed by atoms with Crippen LogP contribution in [-0.2, 0) is 0 Å². The number of hydrogen-bond donors (Lipinski definition) is 2. The average molecular weight is 232 g/mol. The highest BCUT2D eigenvalue weighted by Crippen LogP contribution is 2.12. The molecule has 0 atom stereocenters. The van der Waals surface area contributed by atoms with Crippen LogP contribution in [0, 0.1) is 0 Å². The molecule has 0 bridgehead atoms. The van der Waals surface area contributed by atoms with Crippen molar-refractivity contribution in [2.24, 2.45) is 5.73 Å². The first-order valence-electron chi connectivity index (χ1n) is 4.61. The van der Waals surface area contributed by atoms with Crippen LogP contribution in [0.15, 0.2) is 30.9 Å². The zero-order chi connectivity index (χ0) is 12.4. The fourth-order valence-corrected chi connectivity index (χ4v) is 1.33. The molecule has 0 saturated carbocycles. The molecule has 7 nitrogen and oxygen atoms in total. The number of nitrogens with zero attached hydrogens (tertiary/aromatic N) is 3. The van der Waals surface area contributed by atoms with Crippen molar-refractivity contribution in [3.05, 3.63) is 42.0 Å². The summed E-state index contributed by atoms with van der Waals surface area (Å²) in [4.78, 5) is 25.7. The first-order valence-corrected chi connectivity index (χ1v) is 4.61. The van der Waals surface area contributed by atoms with Crippen LogP contribution >= 0.6 is 0 Å². The number of rotatable bonds is 3. The number of carbonyl (C=O) groups excluding carboxylic acids is 1. The summed E-state index contributed by atoms with van der Waals surface area (Å²) in [6.07, 6.45) is 5.33. The lowest BCUT2D eigenvalue weighted by Gasteiger charge is -2.03. The Morgan fingerprint density at radius 1 is 1.35 bits per heavy atom. The van der Waals surface area contributed by atoms with E-state index in [1.807, 2.05) is 0 Å². The van der Waals surface area contributed by atoms with Gasteiger partial charge in [-0.3, -0.25) is 9.78 Å². The van der Waals surface area contributed by atoms with Gasteiger partial charge in [-0.2, -0.15) is 5.10 Å². The van der Waals surface area contributed by atoms with Gasteiger partial charge < -0.3 is 10.8 Å². The standard InChI is InChI=1S/C10H8N4O3/c11-9(15)6-3-13-14(5-6)8-4-12-2-1-7(8)10(16)17/h1-5H,(H2,11,15)(H,16,17). The summed E-state index contributed by atoms with van der Waals surface area (Å²) in [5, 5.41) is 12.8. The molecule has 0 radical (unpaired) electrons. The van der Waals surface area contributed by atoms with E-state index in [0.717, 1.165) is 0 Å². The Balaban J connectivity index is 2.52.